The van der Waals surface area contributed by atoms with Crippen LogP contribution in [0, 0.1) is 5.92 Å². The topological polar surface area (TPSA) is 30.0 Å². The molecule has 6 heteroatoms. The van der Waals surface area contributed by atoms with Gasteiger partial charge in [-0.15, -0.1) is 11.3 Å². The number of thiazole rings is 1. The van der Waals surface area contributed by atoms with E-state index in [0.717, 1.165) is 25.5 Å². The van der Waals surface area contributed by atoms with E-state index in [9.17, 15) is 18.0 Å². The minimum Gasteiger partial charge on any atom is -0.293 e. The maximum absolute atomic E-state index is 12.4. The van der Waals surface area contributed by atoms with Crippen molar-refractivity contribution in [2.24, 2.45) is 5.92 Å². The van der Waals surface area contributed by atoms with Crippen LogP contribution in [-0.4, -0.2) is 10.8 Å². The molecular formula is C12H16F3NOS. The number of nitrogens with zero attached hydrogens (tertiary/aromatic N) is 1. The molecule has 0 aromatic carbocycles. The fourth-order valence-electron chi connectivity index (χ4n) is 1.69. The zero-order valence-electron chi connectivity index (χ0n) is 10.4. The zero-order chi connectivity index (χ0) is 13.8. The third-order valence-corrected chi connectivity index (χ3v) is 3.82. The molecule has 0 amide bonds. The predicted octanol–water partition coefficient (Wildman–Crippen LogP) is 4.56. The highest BCUT2D eigenvalue weighted by molar-refractivity contribution is 7.13. The number of unbranched alkanes of at least 4 members (excludes halogenated alkanes) is 1. The molecule has 0 aliphatic heterocycles. The van der Waals surface area contributed by atoms with E-state index >= 15 is 0 Å². The maximum Gasteiger partial charge on any atom is 0.443 e. The number of ketones is 1. The quantitative estimate of drug-likeness (QED) is 0.714. The second kappa shape index (κ2) is 6.31. The van der Waals surface area contributed by atoms with Gasteiger partial charge in [0.2, 0.25) is 0 Å². The van der Waals surface area contributed by atoms with Crippen LogP contribution in [0.5, 0.6) is 0 Å². The summed E-state index contributed by atoms with van der Waals surface area (Å²) >= 11 is 0.439. The van der Waals surface area contributed by atoms with Crippen molar-refractivity contribution in [2.75, 3.05) is 0 Å². The molecule has 0 aliphatic carbocycles. The Labute approximate surface area is 108 Å². The molecule has 0 N–H and O–H groups in total. The lowest BCUT2D eigenvalue weighted by Gasteiger charge is -2.11. The second-order valence-electron chi connectivity index (χ2n) is 4.14. The van der Waals surface area contributed by atoms with Gasteiger partial charge in [-0.05, 0) is 12.8 Å². The van der Waals surface area contributed by atoms with Crippen LogP contribution in [0.25, 0.3) is 0 Å². The summed E-state index contributed by atoms with van der Waals surface area (Å²) in [5.74, 6) is -0.398. The Hall–Kier alpha value is -0.910. The first-order chi connectivity index (χ1) is 8.40. The molecule has 0 saturated heterocycles. The molecule has 1 atom stereocenters. The SMILES string of the molecule is CCCCC(CC)C(=O)c1cnc(C(F)(F)F)s1. The first-order valence-corrected chi connectivity index (χ1v) is 6.79. The molecule has 1 unspecified atom stereocenters. The van der Waals surface area contributed by atoms with Crippen molar-refractivity contribution in [3.05, 3.63) is 16.1 Å². The molecule has 0 fully saturated rings. The summed E-state index contributed by atoms with van der Waals surface area (Å²) in [6, 6.07) is 0. The van der Waals surface area contributed by atoms with E-state index in [0.29, 0.717) is 17.8 Å². The molecule has 18 heavy (non-hydrogen) atoms. The van der Waals surface area contributed by atoms with E-state index in [1.807, 2.05) is 13.8 Å². The monoisotopic (exact) mass is 279 g/mol. The van der Waals surface area contributed by atoms with Crippen molar-refractivity contribution in [3.8, 4) is 0 Å². The van der Waals surface area contributed by atoms with Crippen molar-refractivity contribution < 1.29 is 18.0 Å². The smallest absolute Gasteiger partial charge is 0.293 e. The number of alkyl halides is 3. The van der Waals surface area contributed by atoms with E-state index in [-0.39, 0.29) is 16.6 Å². The van der Waals surface area contributed by atoms with E-state index < -0.39 is 11.2 Å². The normalized spacial score (nSPS) is 13.6. The largest absolute Gasteiger partial charge is 0.443 e. The summed E-state index contributed by atoms with van der Waals surface area (Å²) in [6.45, 7) is 3.90. The summed E-state index contributed by atoms with van der Waals surface area (Å²) < 4.78 is 37.2. The second-order valence-corrected chi connectivity index (χ2v) is 5.17. The lowest BCUT2D eigenvalue weighted by atomic mass is 9.94. The van der Waals surface area contributed by atoms with Crippen LogP contribution < -0.4 is 0 Å². The lowest BCUT2D eigenvalue weighted by Crippen LogP contribution is -2.12. The highest BCUT2D eigenvalue weighted by Gasteiger charge is 2.35. The zero-order valence-corrected chi connectivity index (χ0v) is 11.2. The Morgan fingerprint density at radius 1 is 1.44 bits per heavy atom. The highest BCUT2D eigenvalue weighted by Crippen LogP contribution is 2.33. The Morgan fingerprint density at radius 2 is 2.11 bits per heavy atom. The van der Waals surface area contributed by atoms with Crippen LogP contribution in [0.4, 0.5) is 13.2 Å². The van der Waals surface area contributed by atoms with Crippen LogP contribution in [-0.2, 0) is 6.18 Å². The first kappa shape index (κ1) is 15.1. The van der Waals surface area contributed by atoms with E-state index in [2.05, 4.69) is 4.98 Å². The van der Waals surface area contributed by atoms with Gasteiger partial charge in [0.25, 0.3) is 0 Å². The molecule has 1 aromatic rings. The van der Waals surface area contributed by atoms with Gasteiger partial charge in [0, 0.05) is 12.1 Å². The molecular weight excluding hydrogens is 263 g/mol. The van der Waals surface area contributed by atoms with Crippen molar-refractivity contribution in [1.29, 1.82) is 0 Å². The lowest BCUT2D eigenvalue weighted by molar-refractivity contribution is -0.137. The summed E-state index contributed by atoms with van der Waals surface area (Å²) in [5.41, 5.74) is 0. The van der Waals surface area contributed by atoms with E-state index in [4.69, 9.17) is 0 Å². The van der Waals surface area contributed by atoms with Gasteiger partial charge in [-0.3, -0.25) is 4.79 Å². The van der Waals surface area contributed by atoms with E-state index in [1.54, 1.807) is 0 Å². The van der Waals surface area contributed by atoms with Gasteiger partial charge < -0.3 is 0 Å². The number of hydrogen-bond donors (Lipinski definition) is 0. The molecule has 1 rings (SSSR count). The van der Waals surface area contributed by atoms with Gasteiger partial charge in [0.05, 0.1) is 4.88 Å². The molecule has 0 saturated carbocycles. The fraction of sp³-hybridized carbons (Fsp3) is 0.667. The number of hydrogen-bond acceptors (Lipinski definition) is 3. The maximum atomic E-state index is 12.4. The van der Waals surface area contributed by atoms with Crippen LogP contribution in [0.1, 0.15) is 54.2 Å². The highest BCUT2D eigenvalue weighted by atomic mass is 32.1. The number of aromatic nitrogens is 1. The van der Waals surface area contributed by atoms with Crippen LogP contribution >= 0.6 is 11.3 Å². The number of carbonyl (C=O) groups is 1. The molecule has 1 heterocycles. The number of halogens is 3. The summed E-state index contributed by atoms with van der Waals surface area (Å²) in [6.07, 6.45) is -0.155. The molecule has 0 radical (unpaired) electrons. The number of Topliss-reactive ketones (excluding diaryl/α,β-unsaturated/α-hetero) is 1. The van der Waals surface area contributed by atoms with E-state index in [1.165, 1.54) is 0 Å². The molecule has 1 aromatic heterocycles. The van der Waals surface area contributed by atoms with Gasteiger partial charge in [-0.2, -0.15) is 13.2 Å². The molecule has 2 nitrogen and oxygen atoms in total. The third-order valence-electron chi connectivity index (χ3n) is 2.76. The van der Waals surface area contributed by atoms with Crippen LogP contribution in [0.3, 0.4) is 0 Å². The third kappa shape index (κ3) is 3.80. The minimum absolute atomic E-state index is 0.116. The summed E-state index contributed by atoms with van der Waals surface area (Å²) in [7, 11) is 0. The average Bonchev–Trinajstić information content (AvgIpc) is 2.78. The van der Waals surface area contributed by atoms with Gasteiger partial charge in [0.15, 0.2) is 10.8 Å². The van der Waals surface area contributed by atoms with Gasteiger partial charge in [0.1, 0.15) is 0 Å². The van der Waals surface area contributed by atoms with Crippen molar-refractivity contribution in [1.82, 2.24) is 4.98 Å². The van der Waals surface area contributed by atoms with Gasteiger partial charge >= 0.3 is 6.18 Å². The first-order valence-electron chi connectivity index (χ1n) is 5.97. The van der Waals surface area contributed by atoms with Crippen LogP contribution in [0.15, 0.2) is 6.20 Å². The summed E-state index contributed by atoms with van der Waals surface area (Å²) in [5, 5.41) is -0.948. The fourth-order valence-corrected chi connectivity index (χ4v) is 2.49. The van der Waals surface area contributed by atoms with Crippen LogP contribution in [0.2, 0.25) is 0 Å². The Bertz CT molecular complexity index is 400. The Kier molecular flexibility index (Phi) is 5.31. The minimum atomic E-state index is -4.46. The van der Waals surface area contributed by atoms with Crippen molar-refractivity contribution >= 4 is 17.1 Å². The summed E-state index contributed by atoms with van der Waals surface area (Å²) in [4.78, 5) is 15.4. The average molecular weight is 279 g/mol. The van der Waals surface area contributed by atoms with Crippen molar-refractivity contribution in [3.63, 3.8) is 0 Å². The van der Waals surface area contributed by atoms with Gasteiger partial charge in [-0.25, -0.2) is 4.98 Å². The molecule has 102 valence electrons. The predicted molar refractivity (Wildman–Crippen MR) is 64.8 cm³/mol. The van der Waals surface area contributed by atoms with Crippen molar-refractivity contribution in [2.45, 2.75) is 45.7 Å². The Balaban J connectivity index is 2.79. The standard InChI is InChI=1S/C12H16F3NOS/c1-3-5-6-8(4-2)10(17)9-7-16-11(18-9)12(13,14)15/h7-8H,3-6H2,1-2H3. The molecule has 0 bridgehead atoms. The van der Waals surface area contributed by atoms with Gasteiger partial charge in [-0.1, -0.05) is 26.7 Å². The molecule has 0 aliphatic rings. The number of carbonyl (C=O) groups excluding carboxylic acids is 1. The molecule has 0 spiro atoms. The Morgan fingerprint density at radius 3 is 2.56 bits per heavy atom. The number of rotatable bonds is 6.